The van der Waals surface area contributed by atoms with E-state index in [0.29, 0.717) is 13.0 Å². The molecule has 0 aliphatic rings. The van der Waals surface area contributed by atoms with Crippen LogP contribution in [-0.4, -0.2) is 30.6 Å². The van der Waals surface area contributed by atoms with Crippen LogP contribution in [0.5, 0.6) is 0 Å². The van der Waals surface area contributed by atoms with Crippen LogP contribution in [0.15, 0.2) is 0 Å². The van der Waals surface area contributed by atoms with Crippen molar-refractivity contribution in [2.45, 2.75) is 26.1 Å². The summed E-state index contributed by atoms with van der Waals surface area (Å²) >= 11 is 0. The summed E-state index contributed by atoms with van der Waals surface area (Å²) in [5.74, 6) is -2.53. The minimum atomic E-state index is -1.45. The van der Waals surface area contributed by atoms with Gasteiger partial charge in [0.1, 0.15) is 0 Å². The number of hydrogen-bond donors (Lipinski definition) is 1. The highest BCUT2D eigenvalue weighted by molar-refractivity contribution is 5.75. The summed E-state index contributed by atoms with van der Waals surface area (Å²) < 4.78 is 9.73. The zero-order valence-corrected chi connectivity index (χ0v) is 7.09. The van der Waals surface area contributed by atoms with Gasteiger partial charge in [-0.25, -0.2) is 4.79 Å². The Labute approximate surface area is 66.1 Å². The first-order chi connectivity index (χ1) is 5.13. The van der Waals surface area contributed by atoms with Crippen LogP contribution in [-0.2, 0) is 14.3 Å². The molecule has 1 atom stereocenters. The summed E-state index contributed by atoms with van der Waals surface area (Å²) in [6, 6.07) is 0. The number of methoxy groups -OCH3 is 1. The molecule has 66 valence electrons. The van der Waals surface area contributed by atoms with Gasteiger partial charge in [-0.15, -0.1) is 0 Å². The predicted octanol–water partition coefficient (Wildman–Crippen LogP) is 0.860. The van der Waals surface area contributed by atoms with E-state index in [2.05, 4.69) is 0 Å². The Morgan fingerprint density at radius 3 is 2.18 bits per heavy atom. The second-order valence-electron chi connectivity index (χ2n) is 2.05. The molecule has 0 saturated heterocycles. The average molecular weight is 162 g/mol. The molecule has 0 fully saturated rings. The first-order valence-electron chi connectivity index (χ1n) is 3.55. The fourth-order valence-corrected chi connectivity index (χ4v) is 0.839. The van der Waals surface area contributed by atoms with Crippen molar-refractivity contribution >= 4 is 5.97 Å². The van der Waals surface area contributed by atoms with Crippen LogP contribution in [0.2, 0.25) is 0 Å². The summed E-state index contributed by atoms with van der Waals surface area (Å²) in [5, 5.41) is 8.70. The van der Waals surface area contributed by atoms with Gasteiger partial charge in [0.25, 0.3) is 5.79 Å². The predicted molar refractivity (Wildman–Crippen MR) is 39.3 cm³/mol. The lowest BCUT2D eigenvalue weighted by atomic mass is 10.2. The average Bonchev–Trinajstić information content (AvgIpc) is 2.00. The Kier molecular flexibility index (Phi) is 4.07. The number of aliphatic carboxylic acids is 1. The van der Waals surface area contributed by atoms with Crippen molar-refractivity contribution in [2.24, 2.45) is 0 Å². The quantitative estimate of drug-likeness (QED) is 0.609. The molecule has 4 heteroatoms. The minimum absolute atomic E-state index is 0.298. The summed E-state index contributed by atoms with van der Waals surface area (Å²) in [4.78, 5) is 10.6. The van der Waals surface area contributed by atoms with Crippen molar-refractivity contribution in [3.05, 3.63) is 0 Å². The molecule has 0 spiro atoms. The Bertz CT molecular complexity index is 128. The first-order valence-corrected chi connectivity index (χ1v) is 3.55. The third-order valence-corrected chi connectivity index (χ3v) is 1.50. The molecule has 0 aromatic rings. The zero-order chi connectivity index (χ0) is 8.91. The highest BCUT2D eigenvalue weighted by Crippen LogP contribution is 2.16. The molecule has 0 aromatic heterocycles. The lowest BCUT2D eigenvalue weighted by Gasteiger charge is -2.25. The molecule has 0 rings (SSSR count). The molecule has 0 aliphatic carbocycles. The van der Waals surface area contributed by atoms with Crippen molar-refractivity contribution in [2.75, 3.05) is 13.7 Å². The molecule has 0 heterocycles. The Hall–Kier alpha value is -0.610. The van der Waals surface area contributed by atoms with Gasteiger partial charge >= 0.3 is 5.97 Å². The van der Waals surface area contributed by atoms with Crippen molar-refractivity contribution in [3.63, 3.8) is 0 Å². The van der Waals surface area contributed by atoms with Crippen LogP contribution in [0.4, 0.5) is 0 Å². The maximum atomic E-state index is 10.6. The highest BCUT2D eigenvalue weighted by Gasteiger charge is 2.37. The molecule has 0 bridgehead atoms. The van der Waals surface area contributed by atoms with Gasteiger partial charge < -0.3 is 14.6 Å². The van der Waals surface area contributed by atoms with Crippen molar-refractivity contribution < 1.29 is 19.4 Å². The molecule has 1 N–H and O–H groups in total. The Balaban J connectivity index is 4.32. The van der Waals surface area contributed by atoms with Crippen molar-refractivity contribution in [1.29, 1.82) is 0 Å². The second kappa shape index (κ2) is 4.31. The third-order valence-electron chi connectivity index (χ3n) is 1.50. The van der Waals surface area contributed by atoms with Gasteiger partial charge in [-0.1, -0.05) is 6.92 Å². The van der Waals surface area contributed by atoms with E-state index in [4.69, 9.17) is 14.6 Å². The van der Waals surface area contributed by atoms with Crippen LogP contribution in [0.3, 0.4) is 0 Å². The van der Waals surface area contributed by atoms with E-state index in [-0.39, 0.29) is 0 Å². The maximum absolute atomic E-state index is 10.6. The number of rotatable bonds is 5. The molecule has 4 nitrogen and oxygen atoms in total. The van der Waals surface area contributed by atoms with E-state index in [1.807, 2.05) is 0 Å². The van der Waals surface area contributed by atoms with E-state index in [1.165, 1.54) is 7.11 Å². The summed E-state index contributed by atoms with van der Waals surface area (Å²) in [5.41, 5.74) is 0. The lowest BCUT2D eigenvalue weighted by Crippen LogP contribution is -2.42. The van der Waals surface area contributed by atoms with Crippen LogP contribution < -0.4 is 0 Å². The fourth-order valence-electron chi connectivity index (χ4n) is 0.839. The molecule has 0 aliphatic heterocycles. The number of ether oxygens (including phenoxy) is 2. The summed E-state index contributed by atoms with van der Waals surface area (Å²) in [7, 11) is 1.33. The minimum Gasteiger partial charge on any atom is -0.477 e. The van der Waals surface area contributed by atoms with Gasteiger partial charge in [-0.3, -0.25) is 0 Å². The molecule has 1 unspecified atom stereocenters. The zero-order valence-electron chi connectivity index (χ0n) is 7.09. The standard InChI is InChI=1S/C7H14O4/c1-4-7(10-3,6(8)9)11-5-2/h4-5H2,1-3H3,(H,8,9). The van der Waals surface area contributed by atoms with Crippen molar-refractivity contribution in [1.82, 2.24) is 0 Å². The number of carbonyl (C=O) groups is 1. The van der Waals surface area contributed by atoms with Gasteiger partial charge in [-0.05, 0) is 6.92 Å². The maximum Gasteiger partial charge on any atom is 0.364 e. The van der Waals surface area contributed by atoms with E-state index in [0.717, 1.165) is 0 Å². The van der Waals surface area contributed by atoms with Crippen LogP contribution in [0, 0.1) is 0 Å². The highest BCUT2D eigenvalue weighted by atomic mass is 16.7. The Morgan fingerprint density at radius 1 is 1.55 bits per heavy atom. The molecule has 11 heavy (non-hydrogen) atoms. The van der Waals surface area contributed by atoms with Crippen LogP contribution in [0.1, 0.15) is 20.3 Å². The van der Waals surface area contributed by atoms with E-state index >= 15 is 0 Å². The fraction of sp³-hybridized carbons (Fsp3) is 0.857. The van der Waals surface area contributed by atoms with Crippen molar-refractivity contribution in [3.8, 4) is 0 Å². The van der Waals surface area contributed by atoms with Crippen LogP contribution >= 0.6 is 0 Å². The van der Waals surface area contributed by atoms with Crippen LogP contribution in [0.25, 0.3) is 0 Å². The largest absolute Gasteiger partial charge is 0.477 e. The first kappa shape index (κ1) is 10.4. The molecule has 0 amide bonds. The van der Waals surface area contributed by atoms with Gasteiger partial charge in [0, 0.05) is 20.1 Å². The SMILES string of the molecule is CCOC(CC)(OC)C(=O)O. The lowest BCUT2D eigenvalue weighted by molar-refractivity contribution is -0.234. The monoisotopic (exact) mass is 162 g/mol. The smallest absolute Gasteiger partial charge is 0.364 e. The number of carboxylic acids is 1. The normalized spacial score (nSPS) is 15.9. The number of carboxylic acid groups (broad SMARTS) is 1. The number of hydrogen-bond acceptors (Lipinski definition) is 3. The molecule has 0 radical (unpaired) electrons. The third kappa shape index (κ3) is 2.17. The second-order valence-corrected chi connectivity index (χ2v) is 2.05. The van der Waals surface area contributed by atoms with Gasteiger partial charge in [0.2, 0.25) is 0 Å². The van der Waals surface area contributed by atoms with Gasteiger partial charge in [0.15, 0.2) is 0 Å². The molecular weight excluding hydrogens is 148 g/mol. The molecular formula is C7H14O4. The van der Waals surface area contributed by atoms with Gasteiger partial charge in [0.05, 0.1) is 0 Å². The van der Waals surface area contributed by atoms with E-state index in [1.54, 1.807) is 13.8 Å². The van der Waals surface area contributed by atoms with E-state index < -0.39 is 11.8 Å². The molecule has 0 aromatic carbocycles. The summed E-state index contributed by atoms with van der Waals surface area (Å²) in [6.45, 7) is 3.76. The van der Waals surface area contributed by atoms with E-state index in [9.17, 15) is 4.79 Å². The molecule has 0 saturated carbocycles. The van der Waals surface area contributed by atoms with Gasteiger partial charge in [-0.2, -0.15) is 0 Å². The summed E-state index contributed by atoms with van der Waals surface area (Å²) in [6.07, 6.45) is 0.298. The Morgan fingerprint density at radius 2 is 2.09 bits per heavy atom. The topological polar surface area (TPSA) is 55.8 Å².